The second-order valence-corrected chi connectivity index (χ2v) is 6.44. The second kappa shape index (κ2) is 7.58. The Morgan fingerprint density at radius 1 is 1.19 bits per heavy atom. The zero-order chi connectivity index (χ0) is 18.7. The topological polar surface area (TPSA) is 71.2 Å². The van der Waals surface area contributed by atoms with Crippen LogP contribution in [0.3, 0.4) is 0 Å². The van der Waals surface area contributed by atoms with E-state index in [9.17, 15) is 9.90 Å². The van der Waals surface area contributed by atoms with Crippen LogP contribution in [0.15, 0.2) is 48.8 Å². The monoisotopic (exact) mass is 370 g/mol. The van der Waals surface area contributed by atoms with E-state index in [-0.39, 0.29) is 17.4 Å². The summed E-state index contributed by atoms with van der Waals surface area (Å²) < 4.78 is 1.60. The fraction of sp³-hybridized carbons (Fsp3) is 0.211. The summed E-state index contributed by atoms with van der Waals surface area (Å²) in [6, 6.07) is 10.5. The van der Waals surface area contributed by atoms with Crippen molar-refractivity contribution < 1.29 is 9.90 Å². The molecule has 7 heteroatoms. The summed E-state index contributed by atoms with van der Waals surface area (Å²) in [7, 11) is 1.75. The van der Waals surface area contributed by atoms with Gasteiger partial charge in [0.1, 0.15) is 5.75 Å². The van der Waals surface area contributed by atoms with Gasteiger partial charge in [-0.05, 0) is 36.2 Å². The number of aromatic hydroxyl groups is 1. The first-order valence-corrected chi connectivity index (χ1v) is 8.48. The first-order chi connectivity index (χ1) is 12.5. The predicted molar refractivity (Wildman–Crippen MR) is 98.9 cm³/mol. The summed E-state index contributed by atoms with van der Waals surface area (Å²) in [5.74, 6) is -0.0714. The molecule has 0 atom stereocenters. The fourth-order valence-electron chi connectivity index (χ4n) is 2.60. The quantitative estimate of drug-likeness (QED) is 0.747. The summed E-state index contributed by atoms with van der Waals surface area (Å²) in [6.45, 7) is 2.55. The molecule has 0 aliphatic carbocycles. The van der Waals surface area contributed by atoms with Crippen molar-refractivity contribution in [2.75, 3.05) is 0 Å². The number of pyridine rings is 1. The molecule has 0 saturated heterocycles. The summed E-state index contributed by atoms with van der Waals surface area (Å²) in [5.41, 5.74) is 2.77. The van der Waals surface area contributed by atoms with Crippen LogP contribution in [-0.4, -0.2) is 30.7 Å². The van der Waals surface area contributed by atoms with E-state index < -0.39 is 0 Å². The Morgan fingerprint density at radius 3 is 2.46 bits per heavy atom. The first-order valence-electron chi connectivity index (χ1n) is 8.11. The lowest BCUT2D eigenvalue weighted by molar-refractivity contribution is 0.0723. The molecule has 0 aliphatic heterocycles. The van der Waals surface area contributed by atoms with Gasteiger partial charge in [-0.15, -0.1) is 0 Å². The highest BCUT2D eigenvalue weighted by molar-refractivity contribution is 6.34. The van der Waals surface area contributed by atoms with Gasteiger partial charge in [0.05, 0.1) is 10.7 Å². The number of rotatable bonds is 5. The molecular formula is C19H19ClN4O2. The molecule has 26 heavy (non-hydrogen) atoms. The number of halogens is 1. The standard InChI is InChI=1S/C19H19ClN4O2/c1-13-17(20)18(22-23(13)2)19(26)24(12-15-4-3-9-21-10-15)11-14-5-7-16(25)8-6-14/h3-10,25H,11-12H2,1-2H3. The average Bonchev–Trinajstić information content (AvgIpc) is 2.90. The summed E-state index contributed by atoms with van der Waals surface area (Å²) in [5, 5.41) is 14.1. The van der Waals surface area contributed by atoms with Crippen LogP contribution in [0, 0.1) is 6.92 Å². The molecule has 134 valence electrons. The van der Waals surface area contributed by atoms with Crippen molar-refractivity contribution in [2.45, 2.75) is 20.0 Å². The number of aryl methyl sites for hydroxylation is 1. The van der Waals surface area contributed by atoms with Gasteiger partial charge in [0.15, 0.2) is 5.69 Å². The molecular weight excluding hydrogens is 352 g/mol. The Morgan fingerprint density at radius 2 is 1.88 bits per heavy atom. The minimum atomic E-state index is -0.254. The molecule has 0 unspecified atom stereocenters. The molecule has 0 saturated carbocycles. The van der Waals surface area contributed by atoms with Gasteiger partial charge in [-0.1, -0.05) is 29.8 Å². The van der Waals surface area contributed by atoms with Crippen molar-refractivity contribution in [3.8, 4) is 5.75 Å². The van der Waals surface area contributed by atoms with E-state index in [1.165, 1.54) is 0 Å². The van der Waals surface area contributed by atoms with Crippen molar-refractivity contribution in [2.24, 2.45) is 7.05 Å². The van der Waals surface area contributed by atoms with Crippen LogP contribution in [0.1, 0.15) is 27.3 Å². The number of carbonyl (C=O) groups excluding carboxylic acids is 1. The largest absolute Gasteiger partial charge is 0.508 e. The summed E-state index contributed by atoms with van der Waals surface area (Å²) in [4.78, 5) is 18.9. The van der Waals surface area contributed by atoms with Crippen LogP contribution < -0.4 is 0 Å². The summed E-state index contributed by atoms with van der Waals surface area (Å²) >= 11 is 6.30. The molecule has 0 bridgehead atoms. The van der Waals surface area contributed by atoms with E-state index in [2.05, 4.69) is 10.1 Å². The SMILES string of the molecule is Cc1c(Cl)c(C(=O)N(Cc2ccc(O)cc2)Cc2cccnc2)nn1C. The number of phenols is 1. The van der Waals surface area contributed by atoms with Gasteiger partial charge in [-0.3, -0.25) is 14.5 Å². The van der Waals surface area contributed by atoms with Crippen molar-refractivity contribution in [3.63, 3.8) is 0 Å². The third-order valence-electron chi connectivity index (χ3n) is 4.16. The van der Waals surface area contributed by atoms with Gasteiger partial charge < -0.3 is 10.0 Å². The van der Waals surface area contributed by atoms with Gasteiger partial charge in [-0.25, -0.2) is 0 Å². The first kappa shape index (κ1) is 17.9. The van der Waals surface area contributed by atoms with E-state index in [1.807, 2.05) is 19.1 Å². The molecule has 6 nitrogen and oxygen atoms in total. The highest BCUT2D eigenvalue weighted by Crippen LogP contribution is 2.23. The number of nitrogens with zero attached hydrogens (tertiary/aromatic N) is 4. The minimum Gasteiger partial charge on any atom is -0.508 e. The third-order valence-corrected chi connectivity index (χ3v) is 4.61. The predicted octanol–water partition coefficient (Wildman–Crippen LogP) is 3.33. The Bertz CT molecular complexity index is 907. The van der Waals surface area contributed by atoms with Crippen molar-refractivity contribution in [3.05, 3.63) is 76.3 Å². The Labute approximate surface area is 156 Å². The smallest absolute Gasteiger partial charge is 0.276 e. The van der Waals surface area contributed by atoms with Gasteiger partial charge in [0.25, 0.3) is 5.91 Å². The lowest BCUT2D eigenvalue weighted by atomic mass is 10.1. The van der Waals surface area contributed by atoms with Crippen LogP contribution in [0.4, 0.5) is 0 Å². The van der Waals surface area contributed by atoms with E-state index in [0.29, 0.717) is 18.1 Å². The number of hydrogen-bond acceptors (Lipinski definition) is 4. The normalized spacial score (nSPS) is 10.7. The maximum Gasteiger partial charge on any atom is 0.276 e. The number of benzene rings is 1. The van der Waals surface area contributed by atoms with E-state index in [1.54, 1.807) is 53.3 Å². The molecule has 0 spiro atoms. The van der Waals surface area contributed by atoms with Crippen LogP contribution in [0.5, 0.6) is 5.75 Å². The molecule has 1 N–H and O–H groups in total. The van der Waals surface area contributed by atoms with Gasteiger partial charge in [0, 0.05) is 32.5 Å². The fourth-order valence-corrected chi connectivity index (χ4v) is 2.84. The van der Waals surface area contributed by atoms with Crippen molar-refractivity contribution in [1.29, 1.82) is 0 Å². The zero-order valence-corrected chi connectivity index (χ0v) is 15.3. The second-order valence-electron chi connectivity index (χ2n) is 6.06. The van der Waals surface area contributed by atoms with Gasteiger partial charge >= 0.3 is 0 Å². The van der Waals surface area contributed by atoms with Crippen molar-refractivity contribution >= 4 is 17.5 Å². The zero-order valence-electron chi connectivity index (χ0n) is 14.6. The Hall–Kier alpha value is -2.86. The summed E-state index contributed by atoms with van der Waals surface area (Å²) in [6.07, 6.45) is 3.41. The number of carbonyl (C=O) groups is 1. The molecule has 1 aromatic carbocycles. The molecule has 2 aromatic heterocycles. The molecule has 3 rings (SSSR count). The molecule has 0 radical (unpaired) electrons. The minimum absolute atomic E-state index is 0.183. The number of phenolic OH excluding ortho intramolecular Hbond substituents is 1. The van der Waals surface area contributed by atoms with E-state index in [0.717, 1.165) is 16.8 Å². The van der Waals surface area contributed by atoms with Crippen LogP contribution in [-0.2, 0) is 20.1 Å². The number of hydrogen-bond donors (Lipinski definition) is 1. The Balaban J connectivity index is 1.92. The number of amides is 1. The number of aromatic nitrogens is 3. The van der Waals surface area contributed by atoms with Crippen LogP contribution in [0.25, 0.3) is 0 Å². The molecule has 2 heterocycles. The van der Waals surface area contributed by atoms with E-state index >= 15 is 0 Å². The molecule has 0 aliphatic rings. The lowest BCUT2D eigenvalue weighted by Gasteiger charge is -2.22. The van der Waals surface area contributed by atoms with Crippen LogP contribution >= 0.6 is 11.6 Å². The highest BCUT2D eigenvalue weighted by atomic mass is 35.5. The third kappa shape index (κ3) is 3.86. The van der Waals surface area contributed by atoms with Crippen molar-refractivity contribution in [1.82, 2.24) is 19.7 Å². The Kier molecular flexibility index (Phi) is 5.23. The lowest BCUT2D eigenvalue weighted by Crippen LogP contribution is -2.30. The highest BCUT2D eigenvalue weighted by Gasteiger charge is 2.24. The molecule has 3 aromatic rings. The van der Waals surface area contributed by atoms with Crippen LogP contribution in [0.2, 0.25) is 5.02 Å². The van der Waals surface area contributed by atoms with E-state index in [4.69, 9.17) is 11.6 Å². The maximum absolute atomic E-state index is 13.1. The average molecular weight is 371 g/mol. The van der Waals surface area contributed by atoms with Gasteiger partial charge in [-0.2, -0.15) is 5.10 Å². The van der Waals surface area contributed by atoms with Gasteiger partial charge in [0.2, 0.25) is 0 Å². The maximum atomic E-state index is 13.1. The molecule has 1 amide bonds. The molecule has 0 fully saturated rings.